The van der Waals surface area contributed by atoms with Gasteiger partial charge in [0, 0.05) is 24.4 Å². The molecule has 3 aliphatic rings. The van der Waals surface area contributed by atoms with Crippen LogP contribution < -0.4 is 0 Å². The molecule has 0 aromatic carbocycles. The summed E-state index contributed by atoms with van der Waals surface area (Å²) in [6.07, 6.45) is 4.56. The van der Waals surface area contributed by atoms with Crippen LogP contribution in [0.1, 0.15) is 30.0 Å². The van der Waals surface area contributed by atoms with Crippen LogP contribution >= 0.6 is 0 Å². The smallest absolute Gasteiger partial charge is 0.0480 e. The maximum absolute atomic E-state index is 4.53. The first-order valence-electron chi connectivity index (χ1n) is 5.09. The van der Waals surface area contributed by atoms with E-state index in [1.807, 2.05) is 6.20 Å². The van der Waals surface area contributed by atoms with Crippen molar-refractivity contribution >= 4 is 0 Å². The highest BCUT2D eigenvalue weighted by molar-refractivity contribution is 5.25. The standard InChI is InChI=1S/C11H14N2/c1-2-10-8-13-6-3-9(4-7-13)11(10)12-5-1/h1-2,5,9H,3-4,6-8H2. The average molecular weight is 174 g/mol. The molecule has 4 rings (SSSR count). The first kappa shape index (κ1) is 7.51. The van der Waals surface area contributed by atoms with Gasteiger partial charge in [-0.05, 0) is 37.6 Å². The van der Waals surface area contributed by atoms with Gasteiger partial charge >= 0.3 is 0 Å². The molecule has 1 saturated heterocycles. The summed E-state index contributed by atoms with van der Waals surface area (Å²) in [5.74, 6) is 0.745. The number of rotatable bonds is 0. The average Bonchev–Trinajstić information content (AvgIpc) is 2.46. The predicted molar refractivity (Wildman–Crippen MR) is 51.5 cm³/mol. The van der Waals surface area contributed by atoms with Crippen LogP contribution in [0.25, 0.3) is 0 Å². The Bertz CT molecular complexity index is 314. The minimum absolute atomic E-state index is 0.745. The molecule has 13 heavy (non-hydrogen) atoms. The fourth-order valence-corrected chi connectivity index (χ4v) is 2.56. The molecule has 2 heteroatoms. The van der Waals surface area contributed by atoms with Crippen molar-refractivity contribution in [1.82, 2.24) is 9.88 Å². The normalized spacial score (nSPS) is 31.1. The fraction of sp³-hybridized carbons (Fsp3) is 0.545. The molecule has 1 fully saturated rings. The molecular formula is C11H14N2. The molecule has 4 heterocycles. The predicted octanol–water partition coefficient (Wildman–Crippen LogP) is 1.77. The van der Waals surface area contributed by atoms with E-state index in [4.69, 9.17) is 0 Å². The van der Waals surface area contributed by atoms with Crippen molar-refractivity contribution in [1.29, 1.82) is 0 Å². The van der Waals surface area contributed by atoms with Crippen molar-refractivity contribution in [3.05, 3.63) is 29.6 Å². The Hall–Kier alpha value is -0.890. The summed E-state index contributed by atoms with van der Waals surface area (Å²) in [6, 6.07) is 4.30. The van der Waals surface area contributed by atoms with Crippen LogP contribution in [0.5, 0.6) is 0 Å². The van der Waals surface area contributed by atoms with Crippen molar-refractivity contribution in [2.24, 2.45) is 0 Å². The van der Waals surface area contributed by atoms with Crippen molar-refractivity contribution in [3.63, 3.8) is 0 Å². The highest BCUT2D eigenvalue weighted by atomic mass is 15.1. The number of aromatic nitrogens is 1. The fourth-order valence-electron chi connectivity index (χ4n) is 2.56. The van der Waals surface area contributed by atoms with Gasteiger partial charge in [-0.3, -0.25) is 9.88 Å². The lowest BCUT2D eigenvalue weighted by Gasteiger charge is -2.26. The van der Waals surface area contributed by atoms with Crippen LogP contribution in [0.15, 0.2) is 18.3 Å². The lowest BCUT2D eigenvalue weighted by molar-refractivity contribution is 0.220. The van der Waals surface area contributed by atoms with E-state index in [-0.39, 0.29) is 0 Å². The van der Waals surface area contributed by atoms with Crippen LogP contribution in [0.2, 0.25) is 0 Å². The minimum atomic E-state index is 0.745. The summed E-state index contributed by atoms with van der Waals surface area (Å²) in [5, 5.41) is 0. The number of pyridine rings is 1. The highest BCUT2D eigenvalue weighted by Gasteiger charge is 2.27. The van der Waals surface area contributed by atoms with Gasteiger partial charge in [-0.1, -0.05) is 6.07 Å². The zero-order valence-electron chi connectivity index (χ0n) is 7.74. The molecule has 3 aliphatic heterocycles. The number of hydrogen-bond donors (Lipinski definition) is 0. The monoisotopic (exact) mass is 174 g/mol. The van der Waals surface area contributed by atoms with Gasteiger partial charge in [-0.2, -0.15) is 0 Å². The molecule has 2 bridgehead atoms. The zero-order valence-corrected chi connectivity index (χ0v) is 7.74. The summed E-state index contributed by atoms with van der Waals surface area (Å²) in [7, 11) is 0. The molecule has 0 aliphatic carbocycles. The second-order valence-electron chi connectivity index (χ2n) is 4.10. The maximum atomic E-state index is 4.53. The largest absolute Gasteiger partial charge is 0.299 e. The van der Waals surface area contributed by atoms with Gasteiger partial charge in [-0.15, -0.1) is 0 Å². The highest BCUT2D eigenvalue weighted by Crippen LogP contribution is 2.33. The molecular weight excluding hydrogens is 160 g/mol. The third kappa shape index (κ3) is 1.17. The molecule has 2 nitrogen and oxygen atoms in total. The quantitative estimate of drug-likeness (QED) is 0.596. The second-order valence-corrected chi connectivity index (χ2v) is 4.10. The van der Waals surface area contributed by atoms with E-state index in [0.717, 1.165) is 12.5 Å². The van der Waals surface area contributed by atoms with Crippen LogP contribution in [0.4, 0.5) is 0 Å². The van der Waals surface area contributed by atoms with Gasteiger partial charge in [0.15, 0.2) is 0 Å². The van der Waals surface area contributed by atoms with E-state index in [0.29, 0.717) is 0 Å². The molecule has 0 atom stereocenters. The SMILES string of the molecule is c1cnc2c(c1)CN1CCC2CC1. The lowest BCUT2D eigenvalue weighted by atomic mass is 9.94. The Morgan fingerprint density at radius 2 is 2.15 bits per heavy atom. The third-order valence-corrected chi connectivity index (χ3v) is 3.29. The number of nitrogens with zero attached hydrogens (tertiary/aromatic N) is 2. The number of hydrogen-bond acceptors (Lipinski definition) is 2. The van der Waals surface area contributed by atoms with Gasteiger partial charge in [-0.25, -0.2) is 0 Å². The van der Waals surface area contributed by atoms with Crippen molar-refractivity contribution in [3.8, 4) is 0 Å². The lowest BCUT2D eigenvalue weighted by Crippen LogP contribution is -2.28. The third-order valence-electron chi connectivity index (χ3n) is 3.29. The summed E-state index contributed by atoms with van der Waals surface area (Å²) >= 11 is 0. The number of piperidine rings is 1. The van der Waals surface area contributed by atoms with Crippen LogP contribution in [0, 0.1) is 0 Å². The van der Waals surface area contributed by atoms with Gasteiger partial charge in [0.1, 0.15) is 0 Å². The molecule has 1 aromatic heterocycles. The van der Waals surface area contributed by atoms with Crippen LogP contribution in [0.3, 0.4) is 0 Å². The molecule has 68 valence electrons. The Morgan fingerprint density at radius 1 is 1.31 bits per heavy atom. The van der Waals surface area contributed by atoms with Gasteiger partial charge in [0.25, 0.3) is 0 Å². The Labute approximate surface area is 78.6 Å². The van der Waals surface area contributed by atoms with Crippen molar-refractivity contribution in [2.45, 2.75) is 25.3 Å². The summed E-state index contributed by atoms with van der Waals surface area (Å²) < 4.78 is 0. The first-order chi connectivity index (χ1) is 6.43. The Morgan fingerprint density at radius 3 is 3.00 bits per heavy atom. The Kier molecular flexibility index (Phi) is 1.62. The van der Waals surface area contributed by atoms with Crippen molar-refractivity contribution < 1.29 is 0 Å². The molecule has 0 radical (unpaired) electrons. The zero-order chi connectivity index (χ0) is 8.67. The van der Waals surface area contributed by atoms with E-state index in [1.54, 1.807) is 0 Å². The molecule has 0 amide bonds. The van der Waals surface area contributed by atoms with Gasteiger partial charge < -0.3 is 0 Å². The van der Waals surface area contributed by atoms with E-state index in [2.05, 4.69) is 22.0 Å². The molecule has 0 unspecified atom stereocenters. The number of fused-ring (bicyclic) bond motifs is 2. The summed E-state index contributed by atoms with van der Waals surface area (Å²) in [5.41, 5.74) is 2.84. The van der Waals surface area contributed by atoms with Gasteiger partial charge in [0.2, 0.25) is 0 Å². The van der Waals surface area contributed by atoms with E-state index < -0.39 is 0 Å². The maximum Gasteiger partial charge on any atom is 0.0480 e. The summed E-state index contributed by atoms with van der Waals surface area (Å²) in [6.45, 7) is 3.65. The Balaban J connectivity index is 2.10. The van der Waals surface area contributed by atoms with Crippen LogP contribution in [-0.4, -0.2) is 23.0 Å². The van der Waals surface area contributed by atoms with Crippen LogP contribution in [-0.2, 0) is 6.54 Å². The summed E-state index contributed by atoms with van der Waals surface area (Å²) in [4.78, 5) is 7.08. The second kappa shape index (κ2) is 2.81. The molecule has 0 saturated carbocycles. The topological polar surface area (TPSA) is 16.1 Å². The van der Waals surface area contributed by atoms with E-state index in [1.165, 1.54) is 37.2 Å². The molecule has 0 spiro atoms. The molecule has 0 N–H and O–H groups in total. The van der Waals surface area contributed by atoms with E-state index in [9.17, 15) is 0 Å². The first-order valence-corrected chi connectivity index (χ1v) is 5.09. The van der Waals surface area contributed by atoms with Crippen molar-refractivity contribution in [2.75, 3.05) is 13.1 Å². The van der Waals surface area contributed by atoms with Gasteiger partial charge in [0.05, 0.1) is 0 Å². The molecule has 1 aromatic rings. The van der Waals surface area contributed by atoms with E-state index >= 15 is 0 Å². The minimum Gasteiger partial charge on any atom is -0.299 e.